The second-order valence-electron chi connectivity index (χ2n) is 4.92. The van der Waals surface area contributed by atoms with Crippen LogP contribution in [0.2, 0.25) is 0 Å². The average molecular weight is 243 g/mol. The lowest BCUT2D eigenvalue weighted by Crippen LogP contribution is -2.28. The molecule has 0 aromatic carbocycles. The number of fused-ring (bicyclic) bond motifs is 1. The summed E-state index contributed by atoms with van der Waals surface area (Å²) < 4.78 is 7.13. The van der Waals surface area contributed by atoms with Gasteiger partial charge in [-0.3, -0.25) is 0 Å². The summed E-state index contributed by atoms with van der Waals surface area (Å²) in [5, 5.41) is 22.7. The van der Waals surface area contributed by atoms with Crippen LogP contribution in [-0.2, 0) is 0 Å². The molecule has 0 aliphatic heterocycles. The first-order valence-electron chi connectivity index (χ1n) is 5.64. The molecule has 0 radical (unpaired) electrons. The molecule has 2 heterocycles. The number of aromatic nitrogens is 2. The van der Waals surface area contributed by atoms with Gasteiger partial charge in [-0.15, -0.1) is 0 Å². The Morgan fingerprint density at radius 2 is 2.33 bits per heavy atom. The fourth-order valence-electron chi connectivity index (χ4n) is 1.71. The van der Waals surface area contributed by atoms with E-state index in [-0.39, 0.29) is 6.61 Å². The Hall–Kier alpha value is -2.00. The molecule has 5 nitrogen and oxygen atoms in total. The van der Waals surface area contributed by atoms with Crippen LogP contribution in [0.5, 0.6) is 5.75 Å². The highest BCUT2D eigenvalue weighted by Gasteiger charge is 2.14. The van der Waals surface area contributed by atoms with Gasteiger partial charge in [0.15, 0.2) is 0 Å². The third-order valence-electron chi connectivity index (χ3n) is 2.49. The molecule has 0 unspecified atom stereocenters. The lowest BCUT2D eigenvalue weighted by molar-refractivity contribution is 0.0283. The highest BCUT2D eigenvalue weighted by molar-refractivity contribution is 6.37. The maximum absolute atomic E-state index is 9.61. The van der Waals surface area contributed by atoms with Crippen molar-refractivity contribution in [2.24, 2.45) is 0 Å². The highest BCUT2D eigenvalue weighted by atomic mass is 16.5. The van der Waals surface area contributed by atoms with E-state index in [4.69, 9.17) is 10.00 Å². The van der Waals surface area contributed by atoms with Crippen LogP contribution in [0.3, 0.4) is 0 Å². The molecular weight excluding hydrogens is 229 g/mol. The zero-order chi connectivity index (χ0) is 13.3. The van der Waals surface area contributed by atoms with Gasteiger partial charge in [0.25, 0.3) is 0 Å². The lowest BCUT2D eigenvalue weighted by Gasteiger charge is -2.18. The number of hydrogen-bond donors (Lipinski definition) is 1. The standard InChI is InChI=1S/C12H14BN3O2/c1-12(2,17)7-18-9-3-10(13)11-8(4-14)5-15-16(11)6-9/h3,5-6,17H,7,13H2,1-2H3. The van der Waals surface area contributed by atoms with E-state index in [2.05, 4.69) is 11.2 Å². The van der Waals surface area contributed by atoms with Crippen molar-refractivity contribution < 1.29 is 9.84 Å². The third-order valence-corrected chi connectivity index (χ3v) is 2.49. The minimum atomic E-state index is -0.884. The van der Waals surface area contributed by atoms with Gasteiger partial charge in [-0.25, -0.2) is 4.52 Å². The second kappa shape index (κ2) is 4.35. The summed E-state index contributed by atoms with van der Waals surface area (Å²) >= 11 is 0. The minimum absolute atomic E-state index is 0.199. The molecule has 2 aromatic heterocycles. The van der Waals surface area contributed by atoms with Gasteiger partial charge < -0.3 is 9.84 Å². The van der Waals surface area contributed by atoms with E-state index in [1.165, 1.54) is 6.20 Å². The molecular formula is C12H14BN3O2. The summed E-state index contributed by atoms with van der Waals surface area (Å²) in [4.78, 5) is 0. The molecule has 2 rings (SSSR count). The number of hydrogen-bond acceptors (Lipinski definition) is 4. The van der Waals surface area contributed by atoms with Crippen molar-refractivity contribution in [3.05, 3.63) is 24.0 Å². The van der Waals surface area contributed by atoms with Crippen LogP contribution in [0, 0.1) is 11.3 Å². The van der Waals surface area contributed by atoms with Crippen LogP contribution in [0.15, 0.2) is 18.5 Å². The topological polar surface area (TPSA) is 70.6 Å². The van der Waals surface area contributed by atoms with Gasteiger partial charge >= 0.3 is 0 Å². The molecule has 2 aromatic rings. The molecule has 0 aliphatic carbocycles. The fraction of sp³-hybridized carbons (Fsp3) is 0.333. The summed E-state index contributed by atoms with van der Waals surface area (Å²) in [5.41, 5.74) is 1.36. The van der Waals surface area contributed by atoms with E-state index in [0.717, 1.165) is 11.0 Å². The van der Waals surface area contributed by atoms with E-state index < -0.39 is 5.60 Å². The lowest BCUT2D eigenvalue weighted by atomic mass is 9.94. The Labute approximate surface area is 106 Å². The maximum Gasteiger partial charge on any atom is 0.142 e. The maximum atomic E-state index is 9.61. The van der Waals surface area contributed by atoms with Gasteiger partial charge in [0, 0.05) is 0 Å². The molecule has 0 amide bonds. The molecule has 6 heteroatoms. The van der Waals surface area contributed by atoms with Crippen LogP contribution in [-0.4, -0.2) is 34.8 Å². The van der Waals surface area contributed by atoms with Gasteiger partial charge in [-0.1, -0.05) is 5.46 Å². The zero-order valence-electron chi connectivity index (χ0n) is 10.6. The quantitative estimate of drug-likeness (QED) is 0.745. The van der Waals surface area contributed by atoms with Crippen LogP contribution in [0.1, 0.15) is 19.4 Å². The minimum Gasteiger partial charge on any atom is -0.489 e. The molecule has 1 N–H and O–H groups in total. The SMILES string of the molecule is Bc1cc(OCC(C)(C)O)cn2ncc(C#N)c12. The predicted molar refractivity (Wildman–Crippen MR) is 69.9 cm³/mol. The summed E-state index contributed by atoms with van der Waals surface area (Å²) in [6.07, 6.45) is 3.23. The monoisotopic (exact) mass is 243 g/mol. The van der Waals surface area contributed by atoms with Crippen LogP contribution >= 0.6 is 0 Å². The average Bonchev–Trinajstić information content (AvgIpc) is 2.69. The molecule has 0 saturated carbocycles. The number of rotatable bonds is 3. The van der Waals surface area contributed by atoms with Crippen molar-refractivity contribution in [2.75, 3.05) is 6.61 Å². The first-order chi connectivity index (χ1) is 8.40. The van der Waals surface area contributed by atoms with Crippen molar-refractivity contribution in [1.82, 2.24) is 9.61 Å². The smallest absolute Gasteiger partial charge is 0.142 e. The Balaban J connectivity index is 2.36. The van der Waals surface area contributed by atoms with Crippen molar-refractivity contribution in [3.63, 3.8) is 0 Å². The molecule has 92 valence electrons. The summed E-state index contributed by atoms with van der Waals surface area (Å²) in [6, 6.07) is 3.94. The van der Waals surface area contributed by atoms with Gasteiger partial charge in [-0.05, 0) is 19.9 Å². The first kappa shape index (κ1) is 12.5. The molecule has 0 fully saturated rings. The Morgan fingerprint density at radius 3 is 2.94 bits per heavy atom. The number of ether oxygens (including phenoxy) is 1. The Morgan fingerprint density at radius 1 is 1.61 bits per heavy atom. The van der Waals surface area contributed by atoms with Crippen molar-refractivity contribution in [3.8, 4) is 11.8 Å². The number of nitriles is 1. The van der Waals surface area contributed by atoms with E-state index in [0.29, 0.717) is 11.3 Å². The molecule has 0 atom stereocenters. The zero-order valence-corrected chi connectivity index (χ0v) is 10.6. The van der Waals surface area contributed by atoms with Crippen LogP contribution in [0.4, 0.5) is 0 Å². The third kappa shape index (κ3) is 2.46. The van der Waals surface area contributed by atoms with Gasteiger partial charge in [0.05, 0.1) is 29.1 Å². The van der Waals surface area contributed by atoms with Crippen LogP contribution in [0.25, 0.3) is 5.52 Å². The largest absolute Gasteiger partial charge is 0.489 e. The van der Waals surface area contributed by atoms with E-state index in [1.54, 1.807) is 24.6 Å². The number of nitrogens with zero attached hydrogens (tertiary/aromatic N) is 3. The van der Waals surface area contributed by atoms with E-state index in [9.17, 15) is 5.11 Å². The fourth-order valence-corrected chi connectivity index (χ4v) is 1.71. The predicted octanol–water partition coefficient (Wildman–Crippen LogP) is -0.386. The van der Waals surface area contributed by atoms with E-state index >= 15 is 0 Å². The molecule has 0 aliphatic rings. The van der Waals surface area contributed by atoms with Gasteiger partial charge in [-0.2, -0.15) is 10.4 Å². The Kier molecular flexibility index (Phi) is 3.01. The van der Waals surface area contributed by atoms with Gasteiger partial charge in [0.2, 0.25) is 0 Å². The summed E-state index contributed by atoms with van der Waals surface area (Å²) in [6.45, 7) is 3.56. The van der Waals surface area contributed by atoms with E-state index in [1.807, 2.05) is 13.9 Å². The van der Waals surface area contributed by atoms with Crippen molar-refractivity contribution in [2.45, 2.75) is 19.4 Å². The summed E-state index contributed by atoms with van der Waals surface area (Å²) in [7, 11) is 1.90. The van der Waals surface area contributed by atoms with Crippen LogP contribution < -0.4 is 10.2 Å². The number of pyridine rings is 1. The molecule has 0 saturated heterocycles. The number of aliphatic hydroxyl groups is 1. The Bertz CT molecular complexity index is 623. The molecule has 0 bridgehead atoms. The normalized spacial score (nSPS) is 11.4. The second-order valence-corrected chi connectivity index (χ2v) is 4.92. The first-order valence-corrected chi connectivity index (χ1v) is 5.64. The molecule has 18 heavy (non-hydrogen) atoms. The van der Waals surface area contributed by atoms with Gasteiger partial charge in [0.1, 0.15) is 26.3 Å². The summed E-state index contributed by atoms with van der Waals surface area (Å²) in [5.74, 6) is 0.620. The van der Waals surface area contributed by atoms with Crippen molar-refractivity contribution in [1.29, 1.82) is 5.26 Å². The molecule has 0 spiro atoms. The highest BCUT2D eigenvalue weighted by Crippen LogP contribution is 2.15. The van der Waals surface area contributed by atoms with Crippen molar-refractivity contribution >= 4 is 18.8 Å².